The van der Waals surface area contributed by atoms with E-state index >= 15 is 0 Å². The molecule has 2 fully saturated rings. The molecule has 2 aliphatic rings. The van der Waals surface area contributed by atoms with Gasteiger partial charge in [-0.1, -0.05) is 113 Å². The van der Waals surface area contributed by atoms with Crippen LogP contribution in [0, 0.1) is 11.8 Å². The lowest BCUT2D eigenvalue weighted by molar-refractivity contribution is 0.356. The average Bonchev–Trinajstić information content (AvgIpc) is 3.72. The van der Waals surface area contributed by atoms with E-state index in [2.05, 4.69) is 84.6 Å². The van der Waals surface area contributed by atoms with Gasteiger partial charge in [0.1, 0.15) is 0 Å². The number of fused-ring (bicyclic) bond motifs is 2. The standard InChI is InChI=1S/C19H20BrN3.C19H21N3/c20-18-12-22-23-13-17(11-21-19(18)23)16-8-6-15(7-9-16)10-14-4-2-1-3-5-14;1-2-4-15(5-3-1)12-16-6-8-17(9-7-16)18-13-20-19-10-11-21-22(19)14-18/h6-9,11-14H,1-5,10H2;6-11,13-15H,1-5,12H2. The molecule has 0 bridgehead atoms. The predicted octanol–water partition coefficient (Wildman–Crippen LogP) is 9.80. The lowest BCUT2D eigenvalue weighted by Crippen LogP contribution is -2.09. The maximum absolute atomic E-state index is 4.49. The largest absolute Gasteiger partial charge is 0.236 e. The topological polar surface area (TPSA) is 60.4 Å². The summed E-state index contributed by atoms with van der Waals surface area (Å²) in [6.07, 6.45) is 28.0. The summed E-state index contributed by atoms with van der Waals surface area (Å²) in [5.74, 6) is 1.77. The number of nitrogens with zero attached hydrogens (tertiary/aromatic N) is 6. The summed E-state index contributed by atoms with van der Waals surface area (Å²) in [5.41, 5.74) is 9.26. The molecule has 0 atom stereocenters. The molecule has 2 aliphatic carbocycles. The van der Waals surface area contributed by atoms with Crippen molar-refractivity contribution in [3.63, 3.8) is 0 Å². The van der Waals surface area contributed by atoms with Gasteiger partial charge < -0.3 is 0 Å². The van der Waals surface area contributed by atoms with Crippen LogP contribution in [-0.2, 0) is 12.8 Å². The minimum absolute atomic E-state index is 0.850. The van der Waals surface area contributed by atoms with Gasteiger partial charge in [-0.25, -0.2) is 19.0 Å². The highest BCUT2D eigenvalue weighted by Crippen LogP contribution is 2.29. The van der Waals surface area contributed by atoms with Gasteiger partial charge in [-0.2, -0.15) is 10.2 Å². The lowest BCUT2D eigenvalue weighted by Gasteiger charge is -2.21. The van der Waals surface area contributed by atoms with Gasteiger partial charge in [0.15, 0.2) is 11.3 Å². The number of halogens is 1. The molecule has 2 aromatic carbocycles. The van der Waals surface area contributed by atoms with Crippen LogP contribution < -0.4 is 0 Å². The second-order valence-electron chi connectivity index (χ2n) is 12.9. The highest BCUT2D eigenvalue weighted by Gasteiger charge is 2.15. The van der Waals surface area contributed by atoms with Crippen LogP contribution in [0.1, 0.15) is 75.3 Å². The molecule has 2 saturated carbocycles. The summed E-state index contributed by atoms with van der Waals surface area (Å²) in [6.45, 7) is 0. The Bertz CT molecular complexity index is 1830. The molecule has 4 heterocycles. The average molecular weight is 662 g/mol. The number of benzene rings is 2. The minimum Gasteiger partial charge on any atom is -0.236 e. The maximum atomic E-state index is 4.49. The van der Waals surface area contributed by atoms with Crippen LogP contribution in [0.25, 0.3) is 33.5 Å². The van der Waals surface area contributed by atoms with E-state index in [1.54, 1.807) is 12.4 Å². The number of hydrogen-bond acceptors (Lipinski definition) is 4. The van der Waals surface area contributed by atoms with Crippen LogP contribution in [0.5, 0.6) is 0 Å². The Balaban J connectivity index is 0.000000145. The fourth-order valence-corrected chi connectivity index (χ4v) is 7.45. The van der Waals surface area contributed by atoms with Gasteiger partial charge in [0.25, 0.3) is 0 Å². The van der Waals surface area contributed by atoms with E-state index < -0.39 is 0 Å². The minimum atomic E-state index is 0.850. The Morgan fingerprint density at radius 2 is 1.09 bits per heavy atom. The molecule has 6 aromatic rings. The molecule has 0 spiro atoms. The van der Waals surface area contributed by atoms with Gasteiger partial charge in [-0.15, -0.1) is 0 Å². The molecule has 0 aliphatic heterocycles. The van der Waals surface area contributed by atoms with Gasteiger partial charge in [-0.3, -0.25) is 0 Å². The first-order valence-electron chi connectivity index (χ1n) is 16.6. The zero-order chi connectivity index (χ0) is 30.4. The van der Waals surface area contributed by atoms with Crippen molar-refractivity contribution >= 4 is 27.2 Å². The van der Waals surface area contributed by atoms with E-state index in [1.165, 1.54) is 99.3 Å². The van der Waals surface area contributed by atoms with Gasteiger partial charge in [0.2, 0.25) is 0 Å². The van der Waals surface area contributed by atoms with Crippen molar-refractivity contribution in [1.29, 1.82) is 0 Å². The summed E-state index contributed by atoms with van der Waals surface area (Å²) < 4.78 is 4.56. The molecule has 7 heteroatoms. The monoisotopic (exact) mass is 660 g/mol. The van der Waals surface area contributed by atoms with Gasteiger partial charge in [0, 0.05) is 42.0 Å². The van der Waals surface area contributed by atoms with Crippen molar-refractivity contribution in [2.45, 2.75) is 77.0 Å². The molecular formula is C38H41BrN6. The SMILES string of the molecule is Brc1cnn2cc(-c3ccc(CC4CCCCC4)cc3)cnc12.c1cc2ncc(-c3ccc(CC4CCCCC4)cc3)cn2n1. The molecule has 8 rings (SSSR count). The van der Waals surface area contributed by atoms with Crippen molar-refractivity contribution in [1.82, 2.24) is 29.2 Å². The first-order valence-corrected chi connectivity index (χ1v) is 17.4. The number of aromatic nitrogens is 6. The van der Waals surface area contributed by atoms with Crippen LogP contribution in [0.4, 0.5) is 0 Å². The Labute approximate surface area is 274 Å². The molecule has 0 unspecified atom stereocenters. The van der Waals surface area contributed by atoms with Crippen LogP contribution in [0.2, 0.25) is 0 Å². The third-order valence-electron chi connectivity index (χ3n) is 9.63. The van der Waals surface area contributed by atoms with Crippen molar-refractivity contribution in [3.8, 4) is 22.3 Å². The van der Waals surface area contributed by atoms with Crippen LogP contribution >= 0.6 is 15.9 Å². The van der Waals surface area contributed by atoms with E-state index in [4.69, 9.17) is 0 Å². The summed E-state index contributed by atoms with van der Waals surface area (Å²) in [4.78, 5) is 8.92. The lowest BCUT2D eigenvalue weighted by atomic mass is 9.85. The van der Waals surface area contributed by atoms with E-state index in [-0.39, 0.29) is 0 Å². The van der Waals surface area contributed by atoms with Crippen molar-refractivity contribution in [3.05, 3.63) is 107 Å². The molecular weight excluding hydrogens is 620 g/mol. The molecule has 45 heavy (non-hydrogen) atoms. The normalized spacial score (nSPS) is 16.1. The number of rotatable bonds is 6. The van der Waals surface area contributed by atoms with Crippen molar-refractivity contribution < 1.29 is 0 Å². The van der Waals surface area contributed by atoms with E-state index in [0.717, 1.165) is 38.7 Å². The predicted molar refractivity (Wildman–Crippen MR) is 185 cm³/mol. The second-order valence-corrected chi connectivity index (χ2v) is 13.7. The highest BCUT2D eigenvalue weighted by atomic mass is 79.9. The number of hydrogen-bond donors (Lipinski definition) is 0. The zero-order valence-electron chi connectivity index (χ0n) is 25.9. The van der Waals surface area contributed by atoms with Gasteiger partial charge in [0.05, 0.1) is 16.9 Å². The summed E-state index contributed by atoms with van der Waals surface area (Å²) >= 11 is 3.46. The Morgan fingerprint density at radius 3 is 1.67 bits per heavy atom. The molecule has 0 radical (unpaired) electrons. The van der Waals surface area contributed by atoms with Crippen LogP contribution in [0.15, 0.2) is 96.3 Å². The third kappa shape index (κ3) is 7.36. The van der Waals surface area contributed by atoms with Crippen LogP contribution in [-0.4, -0.2) is 29.2 Å². The molecule has 0 N–H and O–H groups in total. The fraction of sp³-hybridized carbons (Fsp3) is 0.368. The molecule has 230 valence electrons. The smallest absolute Gasteiger partial charge is 0.169 e. The second kappa shape index (κ2) is 14.1. The highest BCUT2D eigenvalue weighted by molar-refractivity contribution is 9.10. The summed E-state index contributed by atoms with van der Waals surface area (Å²) in [6, 6.07) is 19.8. The van der Waals surface area contributed by atoms with Crippen molar-refractivity contribution in [2.75, 3.05) is 0 Å². The van der Waals surface area contributed by atoms with E-state index in [1.807, 2.05) is 39.9 Å². The van der Waals surface area contributed by atoms with Crippen LogP contribution in [0.3, 0.4) is 0 Å². The quantitative estimate of drug-likeness (QED) is 0.178. The maximum Gasteiger partial charge on any atom is 0.169 e. The fourth-order valence-electron chi connectivity index (χ4n) is 7.07. The Hall–Kier alpha value is -3.84. The van der Waals surface area contributed by atoms with Gasteiger partial charge >= 0.3 is 0 Å². The van der Waals surface area contributed by atoms with Gasteiger partial charge in [-0.05, 0) is 62.9 Å². The summed E-state index contributed by atoms with van der Waals surface area (Å²) in [5, 5.41) is 8.56. The Kier molecular flexibility index (Phi) is 9.33. The van der Waals surface area contributed by atoms with Crippen molar-refractivity contribution in [2.24, 2.45) is 11.8 Å². The molecule has 6 nitrogen and oxygen atoms in total. The summed E-state index contributed by atoms with van der Waals surface area (Å²) in [7, 11) is 0. The molecule has 0 saturated heterocycles. The first-order chi connectivity index (χ1) is 22.2. The van der Waals surface area contributed by atoms with E-state index in [9.17, 15) is 0 Å². The molecule has 0 amide bonds. The molecule has 4 aromatic heterocycles. The third-order valence-corrected chi connectivity index (χ3v) is 10.2. The van der Waals surface area contributed by atoms with E-state index in [0.29, 0.717) is 0 Å². The Morgan fingerprint density at radius 1 is 0.556 bits per heavy atom. The first kappa shape index (κ1) is 29.8. The zero-order valence-corrected chi connectivity index (χ0v) is 27.4.